The monoisotopic (exact) mass is 205 g/mol. The Hall–Kier alpha value is -2.10. The average molecular weight is 205 g/mol. The molecule has 2 rings (SSSR count). The van der Waals surface area contributed by atoms with Crippen LogP contribution in [0.5, 0.6) is 0 Å². The Balaban J connectivity index is 2.59. The standard InChI is InChI=1S/C11H8FNO2/c1-7(14)10-11(15-6-13-10)8-4-2-3-5-9(8)12/h2-6,14H,1H2. The van der Waals surface area contributed by atoms with Crippen LogP contribution < -0.4 is 0 Å². The van der Waals surface area contributed by atoms with Crippen molar-refractivity contribution in [3.8, 4) is 11.3 Å². The van der Waals surface area contributed by atoms with Crippen molar-refractivity contribution in [3.05, 3.63) is 48.7 Å². The van der Waals surface area contributed by atoms with Gasteiger partial charge in [0.2, 0.25) is 0 Å². The fraction of sp³-hybridized carbons (Fsp3) is 0. The normalized spacial score (nSPS) is 10.2. The van der Waals surface area contributed by atoms with Crippen molar-refractivity contribution in [1.29, 1.82) is 0 Å². The van der Waals surface area contributed by atoms with E-state index in [9.17, 15) is 9.50 Å². The summed E-state index contributed by atoms with van der Waals surface area (Å²) in [5, 5.41) is 9.21. The molecule has 15 heavy (non-hydrogen) atoms. The highest BCUT2D eigenvalue weighted by molar-refractivity contribution is 5.71. The third-order valence-electron chi connectivity index (χ3n) is 1.96. The number of hydrogen-bond donors (Lipinski definition) is 1. The topological polar surface area (TPSA) is 46.3 Å². The van der Waals surface area contributed by atoms with Crippen LogP contribution in [0.4, 0.5) is 4.39 Å². The van der Waals surface area contributed by atoms with Crippen molar-refractivity contribution in [2.45, 2.75) is 0 Å². The van der Waals surface area contributed by atoms with Crippen LogP contribution in [0.15, 0.2) is 41.7 Å². The van der Waals surface area contributed by atoms with Crippen LogP contribution in [-0.4, -0.2) is 10.1 Å². The summed E-state index contributed by atoms with van der Waals surface area (Å²) in [4.78, 5) is 3.75. The fourth-order valence-electron chi connectivity index (χ4n) is 1.29. The van der Waals surface area contributed by atoms with Gasteiger partial charge in [-0.1, -0.05) is 18.7 Å². The van der Waals surface area contributed by atoms with Gasteiger partial charge in [0.05, 0.1) is 5.56 Å². The lowest BCUT2D eigenvalue weighted by Crippen LogP contribution is -1.88. The van der Waals surface area contributed by atoms with E-state index >= 15 is 0 Å². The average Bonchev–Trinajstić information content (AvgIpc) is 2.67. The van der Waals surface area contributed by atoms with Crippen LogP contribution in [-0.2, 0) is 0 Å². The van der Waals surface area contributed by atoms with Crippen LogP contribution in [0, 0.1) is 5.82 Å². The van der Waals surface area contributed by atoms with E-state index < -0.39 is 5.82 Å². The highest BCUT2D eigenvalue weighted by atomic mass is 19.1. The van der Waals surface area contributed by atoms with E-state index in [1.807, 2.05) is 0 Å². The first-order chi connectivity index (χ1) is 7.20. The van der Waals surface area contributed by atoms with Gasteiger partial charge >= 0.3 is 0 Å². The van der Waals surface area contributed by atoms with E-state index in [1.165, 1.54) is 6.07 Å². The number of hydrogen-bond acceptors (Lipinski definition) is 3. The quantitative estimate of drug-likeness (QED) is 0.766. The van der Waals surface area contributed by atoms with Crippen molar-refractivity contribution in [2.24, 2.45) is 0 Å². The molecule has 4 heteroatoms. The Morgan fingerprint density at radius 3 is 2.80 bits per heavy atom. The Kier molecular flexibility index (Phi) is 2.25. The molecule has 3 nitrogen and oxygen atoms in total. The summed E-state index contributed by atoms with van der Waals surface area (Å²) >= 11 is 0. The second-order valence-corrected chi connectivity index (χ2v) is 2.96. The number of aliphatic hydroxyl groups excluding tert-OH is 1. The maximum absolute atomic E-state index is 13.4. The number of benzene rings is 1. The molecule has 0 fully saturated rings. The molecule has 0 atom stereocenters. The summed E-state index contributed by atoms with van der Waals surface area (Å²) < 4.78 is 18.4. The Morgan fingerprint density at radius 1 is 1.40 bits per heavy atom. The maximum Gasteiger partial charge on any atom is 0.182 e. The van der Waals surface area contributed by atoms with Crippen LogP contribution in [0.1, 0.15) is 5.69 Å². The Morgan fingerprint density at radius 2 is 2.13 bits per heavy atom. The van der Waals surface area contributed by atoms with E-state index in [0.29, 0.717) is 0 Å². The minimum atomic E-state index is -0.434. The largest absolute Gasteiger partial charge is 0.506 e. The van der Waals surface area contributed by atoms with E-state index in [0.717, 1.165) is 6.39 Å². The summed E-state index contributed by atoms with van der Waals surface area (Å²) in [5.41, 5.74) is 0.403. The summed E-state index contributed by atoms with van der Waals surface area (Å²) in [6.45, 7) is 3.32. The van der Waals surface area contributed by atoms with Gasteiger partial charge in [0.25, 0.3) is 0 Å². The lowest BCUT2D eigenvalue weighted by Gasteiger charge is -2.00. The highest BCUT2D eigenvalue weighted by Gasteiger charge is 2.15. The van der Waals surface area contributed by atoms with E-state index in [-0.39, 0.29) is 22.8 Å². The maximum atomic E-state index is 13.4. The number of halogens is 1. The molecule has 0 aliphatic carbocycles. The first-order valence-corrected chi connectivity index (χ1v) is 4.27. The van der Waals surface area contributed by atoms with E-state index in [1.54, 1.807) is 18.2 Å². The van der Waals surface area contributed by atoms with E-state index in [2.05, 4.69) is 11.6 Å². The van der Waals surface area contributed by atoms with Crippen molar-refractivity contribution in [3.63, 3.8) is 0 Å². The summed E-state index contributed by atoms with van der Waals surface area (Å²) in [6.07, 6.45) is 1.14. The fourth-order valence-corrected chi connectivity index (χ4v) is 1.29. The zero-order chi connectivity index (χ0) is 10.8. The van der Waals surface area contributed by atoms with Gasteiger partial charge in [0.15, 0.2) is 17.8 Å². The predicted octanol–water partition coefficient (Wildman–Crippen LogP) is 3.01. The molecule has 0 aliphatic heterocycles. The molecule has 0 saturated heterocycles. The van der Waals surface area contributed by atoms with E-state index in [4.69, 9.17) is 4.42 Å². The summed E-state index contributed by atoms with van der Waals surface area (Å²) in [5.74, 6) is -0.501. The molecule has 0 unspecified atom stereocenters. The van der Waals surface area contributed by atoms with Crippen LogP contribution in [0.3, 0.4) is 0 Å². The van der Waals surface area contributed by atoms with Gasteiger partial charge in [0, 0.05) is 0 Å². The second-order valence-electron chi connectivity index (χ2n) is 2.96. The number of aliphatic hydroxyl groups is 1. The third kappa shape index (κ3) is 1.61. The smallest absolute Gasteiger partial charge is 0.182 e. The van der Waals surface area contributed by atoms with Crippen LogP contribution in [0.25, 0.3) is 17.1 Å². The molecule has 0 aliphatic rings. The number of rotatable bonds is 2. The zero-order valence-electron chi connectivity index (χ0n) is 7.77. The minimum Gasteiger partial charge on any atom is -0.506 e. The first kappa shape index (κ1) is 9.45. The molecule has 1 N–H and O–H groups in total. The Labute approximate surface area is 85.5 Å². The summed E-state index contributed by atoms with van der Waals surface area (Å²) in [7, 11) is 0. The van der Waals surface area contributed by atoms with Crippen molar-refractivity contribution in [1.82, 2.24) is 4.98 Å². The molecule has 76 valence electrons. The zero-order valence-corrected chi connectivity index (χ0v) is 7.77. The molecule has 1 aromatic carbocycles. The van der Waals surface area contributed by atoms with Gasteiger partial charge in [0.1, 0.15) is 11.6 Å². The lowest BCUT2D eigenvalue weighted by molar-refractivity contribution is 0.509. The van der Waals surface area contributed by atoms with Crippen molar-refractivity contribution in [2.75, 3.05) is 0 Å². The second kappa shape index (κ2) is 3.57. The number of oxazole rings is 1. The van der Waals surface area contributed by atoms with Gasteiger partial charge < -0.3 is 9.52 Å². The molecule has 1 heterocycles. The number of nitrogens with zero attached hydrogens (tertiary/aromatic N) is 1. The molecular weight excluding hydrogens is 197 g/mol. The van der Waals surface area contributed by atoms with Gasteiger partial charge in [-0.25, -0.2) is 9.37 Å². The predicted molar refractivity (Wildman–Crippen MR) is 53.6 cm³/mol. The van der Waals surface area contributed by atoms with Crippen molar-refractivity contribution >= 4 is 5.76 Å². The molecule has 0 bridgehead atoms. The highest BCUT2D eigenvalue weighted by Crippen LogP contribution is 2.28. The van der Waals surface area contributed by atoms with Gasteiger partial charge in [-0.15, -0.1) is 0 Å². The van der Waals surface area contributed by atoms with Gasteiger partial charge in [-0.2, -0.15) is 0 Å². The number of aromatic nitrogens is 1. The molecule has 2 aromatic rings. The molecule has 1 aromatic heterocycles. The summed E-state index contributed by atoms with van der Waals surface area (Å²) in [6, 6.07) is 6.09. The SMILES string of the molecule is C=C(O)c1ncoc1-c1ccccc1F. The van der Waals surface area contributed by atoms with Crippen LogP contribution in [0.2, 0.25) is 0 Å². The molecular formula is C11H8FNO2. The molecule has 0 amide bonds. The van der Waals surface area contributed by atoms with Gasteiger partial charge in [-0.3, -0.25) is 0 Å². The molecule has 0 radical (unpaired) electrons. The van der Waals surface area contributed by atoms with Gasteiger partial charge in [-0.05, 0) is 12.1 Å². The minimum absolute atomic E-state index is 0.153. The van der Waals surface area contributed by atoms with Crippen molar-refractivity contribution < 1.29 is 13.9 Å². The first-order valence-electron chi connectivity index (χ1n) is 4.27. The lowest BCUT2D eigenvalue weighted by atomic mass is 10.1. The Bertz CT molecular complexity index is 505. The molecule has 0 spiro atoms. The van der Waals surface area contributed by atoms with Crippen LogP contribution >= 0.6 is 0 Å². The molecule has 0 saturated carbocycles. The third-order valence-corrected chi connectivity index (χ3v) is 1.96.